The van der Waals surface area contributed by atoms with Crippen LogP contribution in [-0.4, -0.2) is 17.0 Å². The van der Waals surface area contributed by atoms with Crippen molar-refractivity contribution in [3.63, 3.8) is 0 Å². The van der Waals surface area contributed by atoms with E-state index >= 15 is 0 Å². The van der Waals surface area contributed by atoms with Crippen LogP contribution in [0.5, 0.6) is 0 Å². The predicted octanol–water partition coefficient (Wildman–Crippen LogP) is 2.31. The molecule has 0 aliphatic carbocycles. The van der Waals surface area contributed by atoms with E-state index in [0.29, 0.717) is 0 Å². The molecule has 0 radical (unpaired) electrons. The van der Waals surface area contributed by atoms with Crippen molar-refractivity contribution in [3.8, 4) is 0 Å². The second-order valence-electron chi connectivity index (χ2n) is 2.42. The smallest absolute Gasteiger partial charge is 0.152 e. The van der Waals surface area contributed by atoms with Gasteiger partial charge in [0.25, 0.3) is 0 Å². The third-order valence-electron chi connectivity index (χ3n) is 1.38. The summed E-state index contributed by atoms with van der Waals surface area (Å²) in [6.45, 7) is 5.71. The first kappa shape index (κ1) is 9.19. The van der Waals surface area contributed by atoms with Crippen molar-refractivity contribution in [2.75, 3.05) is 12.4 Å². The molecule has 0 atom stereocenters. The fourth-order valence-electron chi connectivity index (χ4n) is 0.848. The predicted molar refractivity (Wildman–Crippen MR) is 54.0 cm³/mol. The van der Waals surface area contributed by atoms with Crippen LogP contribution in [0.2, 0.25) is 0 Å². The molecule has 3 nitrogen and oxygen atoms in total. The number of nitrogens with zero attached hydrogens (tertiary/aromatic N) is 2. The standard InChI is InChI=1S/C8H10BrN3/c1-5(2)7-8(10-3)11-4-6(9)12-7/h4H,1H2,2-3H3,(H,10,11). The van der Waals surface area contributed by atoms with E-state index in [0.717, 1.165) is 21.7 Å². The van der Waals surface area contributed by atoms with E-state index in [1.807, 2.05) is 14.0 Å². The van der Waals surface area contributed by atoms with Crippen LogP contribution in [0.4, 0.5) is 5.82 Å². The molecular weight excluding hydrogens is 218 g/mol. The van der Waals surface area contributed by atoms with Gasteiger partial charge in [-0.25, -0.2) is 9.97 Å². The summed E-state index contributed by atoms with van der Waals surface area (Å²) in [4.78, 5) is 8.37. The average molecular weight is 228 g/mol. The molecule has 0 aliphatic rings. The number of halogens is 1. The number of aromatic nitrogens is 2. The van der Waals surface area contributed by atoms with Crippen molar-refractivity contribution in [1.82, 2.24) is 9.97 Å². The summed E-state index contributed by atoms with van der Waals surface area (Å²) < 4.78 is 0.722. The molecule has 1 rings (SSSR count). The summed E-state index contributed by atoms with van der Waals surface area (Å²) in [6, 6.07) is 0. The molecule has 0 aliphatic heterocycles. The SMILES string of the molecule is C=C(C)c1nc(Br)cnc1NC. The minimum absolute atomic E-state index is 0.722. The zero-order chi connectivity index (χ0) is 9.14. The van der Waals surface area contributed by atoms with E-state index in [2.05, 4.69) is 37.8 Å². The summed E-state index contributed by atoms with van der Waals surface area (Å²) >= 11 is 3.25. The minimum Gasteiger partial charge on any atom is -0.371 e. The highest BCUT2D eigenvalue weighted by Gasteiger charge is 2.04. The summed E-state index contributed by atoms with van der Waals surface area (Å²) in [5.41, 5.74) is 1.69. The van der Waals surface area contributed by atoms with Crippen molar-refractivity contribution < 1.29 is 0 Å². The van der Waals surface area contributed by atoms with E-state index in [9.17, 15) is 0 Å². The van der Waals surface area contributed by atoms with Crippen LogP contribution in [0.1, 0.15) is 12.6 Å². The Morgan fingerprint density at radius 1 is 1.67 bits per heavy atom. The molecule has 1 aromatic heterocycles. The van der Waals surface area contributed by atoms with E-state index in [1.165, 1.54) is 0 Å². The Kier molecular flexibility index (Phi) is 2.81. The molecule has 0 saturated carbocycles. The molecule has 1 aromatic rings. The first-order valence-corrected chi connectivity index (χ1v) is 4.30. The van der Waals surface area contributed by atoms with E-state index < -0.39 is 0 Å². The van der Waals surface area contributed by atoms with Crippen molar-refractivity contribution in [2.24, 2.45) is 0 Å². The third-order valence-corrected chi connectivity index (χ3v) is 1.77. The summed E-state index contributed by atoms with van der Waals surface area (Å²) in [6.07, 6.45) is 1.65. The third kappa shape index (κ3) is 1.82. The Balaban J connectivity index is 3.21. The lowest BCUT2D eigenvalue weighted by atomic mass is 10.2. The second kappa shape index (κ2) is 3.67. The first-order valence-electron chi connectivity index (χ1n) is 3.51. The van der Waals surface area contributed by atoms with Crippen LogP contribution < -0.4 is 5.32 Å². The molecule has 0 fully saturated rings. The first-order chi connectivity index (χ1) is 5.65. The van der Waals surface area contributed by atoms with Gasteiger partial charge in [-0.05, 0) is 28.4 Å². The summed E-state index contributed by atoms with van der Waals surface area (Å²) in [5, 5.41) is 2.95. The van der Waals surface area contributed by atoms with Gasteiger partial charge in [-0.15, -0.1) is 0 Å². The molecule has 0 spiro atoms. The molecular formula is C8H10BrN3. The summed E-state index contributed by atoms with van der Waals surface area (Å²) in [5.74, 6) is 0.755. The molecule has 4 heteroatoms. The van der Waals surface area contributed by atoms with Gasteiger partial charge in [0.15, 0.2) is 5.82 Å². The number of allylic oxidation sites excluding steroid dienone is 1. The van der Waals surface area contributed by atoms with Crippen LogP contribution in [0, 0.1) is 0 Å². The minimum atomic E-state index is 0.722. The fraction of sp³-hybridized carbons (Fsp3) is 0.250. The van der Waals surface area contributed by atoms with Crippen molar-refractivity contribution in [2.45, 2.75) is 6.92 Å². The van der Waals surface area contributed by atoms with Gasteiger partial charge in [0.1, 0.15) is 10.3 Å². The van der Waals surface area contributed by atoms with Gasteiger partial charge in [0.2, 0.25) is 0 Å². The van der Waals surface area contributed by atoms with Crippen LogP contribution in [-0.2, 0) is 0 Å². The topological polar surface area (TPSA) is 37.8 Å². The number of anilines is 1. The van der Waals surface area contributed by atoms with Gasteiger partial charge >= 0.3 is 0 Å². The van der Waals surface area contributed by atoms with Crippen molar-refractivity contribution in [1.29, 1.82) is 0 Å². The number of nitrogens with one attached hydrogen (secondary N) is 1. The zero-order valence-electron chi connectivity index (χ0n) is 7.06. The molecule has 0 aromatic carbocycles. The highest BCUT2D eigenvalue weighted by Crippen LogP contribution is 2.19. The fourth-order valence-corrected chi connectivity index (χ4v) is 1.13. The van der Waals surface area contributed by atoms with Gasteiger partial charge in [-0.3, -0.25) is 0 Å². The Morgan fingerprint density at radius 2 is 2.33 bits per heavy atom. The molecule has 1 N–H and O–H groups in total. The highest BCUT2D eigenvalue weighted by atomic mass is 79.9. The number of rotatable bonds is 2. The Bertz CT molecular complexity index is 309. The molecule has 0 amide bonds. The van der Waals surface area contributed by atoms with Crippen LogP contribution in [0.25, 0.3) is 5.57 Å². The van der Waals surface area contributed by atoms with Gasteiger partial charge in [-0.2, -0.15) is 0 Å². The van der Waals surface area contributed by atoms with Crippen molar-refractivity contribution in [3.05, 3.63) is 23.1 Å². The molecule has 1 heterocycles. The lowest BCUT2D eigenvalue weighted by Gasteiger charge is -2.05. The lowest BCUT2D eigenvalue weighted by molar-refractivity contribution is 1.12. The second-order valence-corrected chi connectivity index (χ2v) is 3.23. The van der Waals surface area contributed by atoms with Gasteiger partial charge in [-0.1, -0.05) is 6.58 Å². The normalized spacial score (nSPS) is 9.58. The molecule has 12 heavy (non-hydrogen) atoms. The van der Waals surface area contributed by atoms with E-state index in [-0.39, 0.29) is 0 Å². The Morgan fingerprint density at radius 3 is 2.83 bits per heavy atom. The van der Waals surface area contributed by atoms with Crippen LogP contribution >= 0.6 is 15.9 Å². The number of hydrogen-bond acceptors (Lipinski definition) is 3. The maximum atomic E-state index is 4.24. The molecule has 0 saturated heterocycles. The number of hydrogen-bond donors (Lipinski definition) is 1. The maximum absolute atomic E-state index is 4.24. The van der Waals surface area contributed by atoms with Gasteiger partial charge < -0.3 is 5.32 Å². The molecule has 64 valence electrons. The lowest BCUT2D eigenvalue weighted by Crippen LogP contribution is -1.99. The van der Waals surface area contributed by atoms with E-state index in [1.54, 1.807) is 6.20 Å². The quantitative estimate of drug-likeness (QED) is 0.843. The Hall–Kier alpha value is -0.900. The zero-order valence-corrected chi connectivity index (χ0v) is 8.64. The average Bonchev–Trinajstić information content (AvgIpc) is 2.04. The maximum Gasteiger partial charge on any atom is 0.152 e. The van der Waals surface area contributed by atoms with Gasteiger partial charge in [0, 0.05) is 7.05 Å². The molecule has 0 unspecified atom stereocenters. The van der Waals surface area contributed by atoms with E-state index in [4.69, 9.17) is 0 Å². The Labute approximate surface area is 80.1 Å². The summed E-state index contributed by atoms with van der Waals surface area (Å²) in [7, 11) is 1.81. The van der Waals surface area contributed by atoms with Crippen molar-refractivity contribution >= 4 is 27.3 Å². The van der Waals surface area contributed by atoms with Gasteiger partial charge in [0.05, 0.1) is 6.20 Å². The van der Waals surface area contributed by atoms with Crippen LogP contribution in [0.15, 0.2) is 17.4 Å². The van der Waals surface area contributed by atoms with Crippen LogP contribution in [0.3, 0.4) is 0 Å². The largest absolute Gasteiger partial charge is 0.371 e. The highest BCUT2D eigenvalue weighted by molar-refractivity contribution is 9.10. The monoisotopic (exact) mass is 227 g/mol. The molecule has 0 bridgehead atoms.